The zero-order valence-corrected chi connectivity index (χ0v) is 17.5. The summed E-state index contributed by atoms with van der Waals surface area (Å²) in [5.41, 5.74) is -0.481. The van der Waals surface area contributed by atoms with E-state index in [9.17, 15) is 23.3 Å². The van der Waals surface area contributed by atoms with Gasteiger partial charge in [-0.15, -0.1) is 12.4 Å². The van der Waals surface area contributed by atoms with Gasteiger partial charge in [0.25, 0.3) is 5.69 Å². The Morgan fingerprint density at radius 2 is 2.14 bits per heavy atom. The fourth-order valence-electron chi connectivity index (χ4n) is 3.09. The SMILES string of the molecule is CCOC(=O)c1cc(S(=O)(=O)NCCC2CCCNC2)cc([N+](=O)[O-])c1C.Cl. The summed E-state index contributed by atoms with van der Waals surface area (Å²) in [6, 6.07) is 2.10. The number of esters is 1. The van der Waals surface area contributed by atoms with Crippen molar-refractivity contribution >= 4 is 34.1 Å². The fraction of sp³-hybridized carbons (Fsp3) is 0.588. The van der Waals surface area contributed by atoms with Gasteiger partial charge in [-0.1, -0.05) is 0 Å². The zero-order chi connectivity index (χ0) is 20.0. The molecule has 0 aromatic heterocycles. The van der Waals surface area contributed by atoms with Gasteiger partial charge in [0.15, 0.2) is 0 Å². The van der Waals surface area contributed by atoms with Gasteiger partial charge in [0.1, 0.15) is 0 Å². The quantitative estimate of drug-likeness (QED) is 0.363. The van der Waals surface area contributed by atoms with Gasteiger partial charge in [-0.3, -0.25) is 10.1 Å². The number of hydrogen-bond donors (Lipinski definition) is 2. The Balaban J connectivity index is 0.00000392. The number of rotatable bonds is 8. The number of nitro groups is 1. The van der Waals surface area contributed by atoms with Crippen LogP contribution in [0.2, 0.25) is 0 Å². The van der Waals surface area contributed by atoms with Crippen LogP contribution in [0.25, 0.3) is 0 Å². The predicted octanol–water partition coefficient (Wildman–Crippen LogP) is 2.17. The number of ether oxygens (including phenoxy) is 1. The molecule has 1 aromatic carbocycles. The van der Waals surface area contributed by atoms with Crippen molar-refractivity contribution in [2.24, 2.45) is 5.92 Å². The fourth-order valence-corrected chi connectivity index (χ4v) is 4.18. The highest BCUT2D eigenvalue weighted by molar-refractivity contribution is 7.89. The first kappa shape index (κ1) is 24.3. The molecule has 0 saturated carbocycles. The Morgan fingerprint density at radius 3 is 2.71 bits per heavy atom. The molecule has 11 heteroatoms. The first-order chi connectivity index (χ1) is 12.8. The number of nitro benzene ring substituents is 1. The van der Waals surface area contributed by atoms with Crippen molar-refractivity contribution in [3.05, 3.63) is 33.4 Å². The third-order valence-corrected chi connectivity index (χ3v) is 6.04. The van der Waals surface area contributed by atoms with E-state index in [1.54, 1.807) is 6.92 Å². The lowest BCUT2D eigenvalue weighted by molar-refractivity contribution is -0.385. The summed E-state index contributed by atoms with van der Waals surface area (Å²) in [7, 11) is -3.99. The second kappa shape index (κ2) is 10.7. The van der Waals surface area contributed by atoms with E-state index in [0.717, 1.165) is 38.1 Å². The van der Waals surface area contributed by atoms with Crippen molar-refractivity contribution in [3.8, 4) is 0 Å². The maximum absolute atomic E-state index is 12.6. The Hall–Kier alpha value is -1.75. The maximum atomic E-state index is 12.6. The van der Waals surface area contributed by atoms with E-state index in [4.69, 9.17) is 4.74 Å². The van der Waals surface area contributed by atoms with Gasteiger partial charge in [-0.05, 0) is 58.2 Å². The molecule has 0 amide bonds. The van der Waals surface area contributed by atoms with Crippen LogP contribution in [0.3, 0.4) is 0 Å². The summed E-state index contributed by atoms with van der Waals surface area (Å²) < 4.78 is 32.5. The van der Waals surface area contributed by atoms with Crippen molar-refractivity contribution < 1.29 is 22.9 Å². The molecular formula is C17H26ClN3O6S. The minimum atomic E-state index is -3.99. The Morgan fingerprint density at radius 1 is 1.43 bits per heavy atom. The number of carbonyl (C=O) groups is 1. The smallest absolute Gasteiger partial charge is 0.338 e. The second-order valence-corrected chi connectivity index (χ2v) is 8.26. The van der Waals surface area contributed by atoms with Crippen molar-refractivity contribution in [3.63, 3.8) is 0 Å². The molecule has 9 nitrogen and oxygen atoms in total. The standard InChI is InChI=1S/C17H25N3O6S.ClH/c1-3-26-17(21)15-9-14(10-16(12(15)2)20(22)23)27(24,25)19-8-6-13-5-4-7-18-11-13;/h9-10,13,18-19H,3-8,11H2,1-2H3;1H. The minimum Gasteiger partial charge on any atom is -0.462 e. The monoisotopic (exact) mass is 435 g/mol. The lowest BCUT2D eigenvalue weighted by Crippen LogP contribution is -2.33. The van der Waals surface area contributed by atoms with Crippen LogP contribution in [0.1, 0.15) is 42.1 Å². The Labute approximate surface area is 170 Å². The third-order valence-electron chi connectivity index (χ3n) is 4.60. The van der Waals surface area contributed by atoms with Crippen molar-refractivity contribution in [2.45, 2.75) is 38.0 Å². The van der Waals surface area contributed by atoms with Crippen LogP contribution < -0.4 is 10.0 Å². The van der Waals surface area contributed by atoms with Gasteiger partial charge < -0.3 is 10.1 Å². The van der Waals surface area contributed by atoms with E-state index in [2.05, 4.69) is 10.0 Å². The van der Waals surface area contributed by atoms with Crippen molar-refractivity contribution in [1.29, 1.82) is 0 Å². The highest BCUT2D eigenvalue weighted by Crippen LogP contribution is 2.27. The molecule has 158 valence electrons. The van der Waals surface area contributed by atoms with E-state index in [1.165, 1.54) is 6.92 Å². The highest BCUT2D eigenvalue weighted by Gasteiger charge is 2.26. The molecule has 0 radical (unpaired) electrons. The minimum absolute atomic E-state index is 0. The first-order valence-electron chi connectivity index (χ1n) is 8.92. The van der Waals surface area contributed by atoms with E-state index >= 15 is 0 Å². The predicted molar refractivity (Wildman–Crippen MR) is 106 cm³/mol. The van der Waals surface area contributed by atoms with Crippen molar-refractivity contribution in [2.75, 3.05) is 26.2 Å². The van der Waals surface area contributed by atoms with Crippen LogP contribution in [0.15, 0.2) is 17.0 Å². The molecule has 1 atom stereocenters. The molecule has 28 heavy (non-hydrogen) atoms. The van der Waals surface area contributed by atoms with Gasteiger partial charge in [0.05, 0.1) is 22.0 Å². The summed E-state index contributed by atoms with van der Waals surface area (Å²) in [6.07, 6.45) is 2.77. The summed E-state index contributed by atoms with van der Waals surface area (Å²) in [4.78, 5) is 22.3. The number of halogens is 1. The maximum Gasteiger partial charge on any atom is 0.338 e. The largest absolute Gasteiger partial charge is 0.462 e. The van der Waals surface area contributed by atoms with Gasteiger partial charge in [-0.2, -0.15) is 0 Å². The average molecular weight is 436 g/mol. The van der Waals surface area contributed by atoms with E-state index in [0.29, 0.717) is 12.3 Å². The van der Waals surface area contributed by atoms with E-state index in [-0.39, 0.29) is 41.6 Å². The molecule has 0 spiro atoms. The van der Waals surface area contributed by atoms with Gasteiger partial charge in [0.2, 0.25) is 10.0 Å². The molecule has 1 unspecified atom stereocenters. The molecule has 1 aliphatic heterocycles. The number of nitrogens with one attached hydrogen (secondary N) is 2. The van der Waals surface area contributed by atoms with Crippen LogP contribution >= 0.6 is 12.4 Å². The van der Waals surface area contributed by atoms with E-state index in [1.807, 2.05) is 0 Å². The van der Waals surface area contributed by atoms with Crippen LogP contribution in [0, 0.1) is 23.0 Å². The molecule has 1 saturated heterocycles. The van der Waals surface area contributed by atoms with Crippen LogP contribution in [-0.4, -0.2) is 45.6 Å². The summed E-state index contributed by atoms with van der Waals surface area (Å²) in [5, 5.41) is 14.6. The van der Waals surface area contributed by atoms with E-state index < -0.39 is 26.6 Å². The van der Waals surface area contributed by atoms with Crippen molar-refractivity contribution in [1.82, 2.24) is 10.0 Å². The Bertz CT molecular complexity index is 809. The number of benzene rings is 1. The normalized spacial score (nSPS) is 16.9. The molecule has 0 aliphatic carbocycles. The van der Waals surface area contributed by atoms with Gasteiger partial charge >= 0.3 is 5.97 Å². The lowest BCUT2D eigenvalue weighted by atomic mass is 9.96. The number of hydrogen-bond acceptors (Lipinski definition) is 7. The number of piperidine rings is 1. The topological polar surface area (TPSA) is 128 Å². The second-order valence-electron chi connectivity index (χ2n) is 6.49. The average Bonchev–Trinajstić information content (AvgIpc) is 2.62. The van der Waals surface area contributed by atoms with Gasteiger partial charge in [-0.25, -0.2) is 17.9 Å². The summed E-state index contributed by atoms with van der Waals surface area (Å²) in [6.45, 7) is 5.13. The highest BCUT2D eigenvalue weighted by atomic mass is 35.5. The molecule has 0 bridgehead atoms. The van der Waals surface area contributed by atoms with Crippen LogP contribution in [0.4, 0.5) is 5.69 Å². The third kappa shape index (κ3) is 6.13. The summed E-state index contributed by atoms with van der Waals surface area (Å²) >= 11 is 0. The molecule has 1 aromatic rings. The number of nitrogens with zero attached hydrogens (tertiary/aromatic N) is 1. The molecule has 2 rings (SSSR count). The van der Waals surface area contributed by atoms with Gasteiger partial charge in [0, 0.05) is 18.2 Å². The molecule has 1 aliphatic rings. The zero-order valence-electron chi connectivity index (χ0n) is 15.9. The lowest BCUT2D eigenvalue weighted by Gasteiger charge is -2.22. The van der Waals surface area contributed by atoms with Crippen LogP contribution in [-0.2, 0) is 14.8 Å². The molecular weight excluding hydrogens is 410 g/mol. The number of carbonyl (C=O) groups excluding carboxylic acids is 1. The first-order valence-corrected chi connectivity index (χ1v) is 10.4. The molecule has 2 N–H and O–H groups in total. The van der Waals surface area contributed by atoms with Crippen LogP contribution in [0.5, 0.6) is 0 Å². The number of sulfonamides is 1. The molecule has 1 heterocycles. The summed E-state index contributed by atoms with van der Waals surface area (Å²) in [5.74, 6) is -0.396. The Kier molecular flexibility index (Phi) is 9.28. The molecule has 1 fully saturated rings.